The summed E-state index contributed by atoms with van der Waals surface area (Å²) < 4.78 is 19.1. The van der Waals surface area contributed by atoms with Gasteiger partial charge >= 0.3 is 5.97 Å². The molecule has 0 spiro atoms. The van der Waals surface area contributed by atoms with Crippen molar-refractivity contribution in [2.75, 3.05) is 25.5 Å². The Morgan fingerprint density at radius 3 is 2.83 bits per heavy atom. The molecule has 5 nitrogen and oxygen atoms in total. The summed E-state index contributed by atoms with van der Waals surface area (Å²) in [6.45, 7) is 4.85. The van der Waals surface area contributed by atoms with E-state index in [1.165, 1.54) is 17.4 Å². The predicted octanol–water partition coefficient (Wildman–Crippen LogP) is 2.84. The minimum atomic E-state index is -0.373. The van der Waals surface area contributed by atoms with Crippen LogP contribution in [0.25, 0.3) is 0 Å². The lowest BCUT2D eigenvalue weighted by Crippen LogP contribution is -3.08. The molecule has 1 heterocycles. The molecule has 2 N–H and O–H groups in total. The summed E-state index contributed by atoms with van der Waals surface area (Å²) in [4.78, 5) is 27.2. The lowest BCUT2D eigenvalue weighted by atomic mass is 9.88. The third-order valence-corrected chi connectivity index (χ3v) is 6.33. The first kappa shape index (κ1) is 21.5. The van der Waals surface area contributed by atoms with Crippen molar-refractivity contribution >= 4 is 28.2 Å². The van der Waals surface area contributed by atoms with Crippen molar-refractivity contribution in [2.45, 2.75) is 39.7 Å². The number of amides is 1. The number of halogens is 1. The maximum absolute atomic E-state index is 13.8. The summed E-state index contributed by atoms with van der Waals surface area (Å²) in [6, 6.07) is 6.58. The number of carbonyl (C=O) groups is 2. The highest BCUT2D eigenvalue weighted by Gasteiger charge is 2.29. The van der Waals surface area contributed by atoms with Gasteiger partial charge in [-0.2, -0.15) is 0 Å². The highest BCUT2D eigenvalue weighted by Crippen LogP contribution is 2.40. The number of carbonyl (C=O) groups excluding carboxylic acids is 2. The zero-order chi connectivity index (χ0) is 21.0. The minimum Gasteiger partial charge on any atom is -0.462 e. The fourth-order valence-electron chi connectivity index (χ4n) is 3.73. The number of benzene rings is 1. The summed E-state index contributed by atoms with van der Waals surface area (Å²) >= 11 is 1.48. The maximum atomic E-state index is 13.8. The van der Waals surface area contributed by atoms with Crippen LogP contribution in [0.15, 0.2) is 24.3 Å². The molecule has 0 radical (unpaired) electrons. The molecule has 156 valence electrons. The molecule has 1 aromatic carbocycles. The molecule has 0 fully saturated rings. The molecular weight excluding hydrogens is 391 g/mol. The summed E-state index contributed by atoms with van der Waals surface area (Å²) in [5.41, 5.74) is 2.11. The number of likely N-dealkylation sites (N-methyl/N-ethyl adjacent to an activating group) is 1. The van der Waals surface area contributed by atoms with Gasteiger partial charge < -0.3 is 15.0 Å². The van der Waals surface area contributed by atoms with Gasteiger partial charge in [-0.25, -0.2) is 9.18 Å². The second-order valence-electron chi connectivity index (χ2n) is 7.73. The molecule has 0 saturated heterocycles. The second kappa shape index (κ2) is 9.50. The second-order valence-corrected chi connectivity index (χ2v) is 8.83. The highest BCUT2D eigenvalue weighted by molar-refractivity contribution is 7.17. The molecule has 0 bridgehead atoms. The monoisotopic (exact) mass is 419 g/mol. The van der Waals surface area contributed by atoms with Crippen LogP contribution in [0.3, 0.4) is 0 Å². The number of hydrogen-bond donors (Lipinski definition) is 2. The van der Waals surface area contributed by atoms with E-state index in [0.29, 0.717) is 35.2 Å². The van der Waals surface area contributed by atoms with Gasteiger partial charge in [0.2, 0.25) is 0 Å². The quantitative estimate of drug-likeness (QED) is 0.679. The third-order valence-electron chi connectivity index (χ3n) is 5.16. The van der Waals surface area contributed by atoms with Crippen LogP contribution in [0.2, 0.25) is 0 Å². The first-order valence-corrected chi connectivity index (χ1v) is 10.9. The number of ether oxygens (including phenoxy) is 1. The largest absolute Gasteiger partial charge is 0.462 e. The van der Waals surface area contributed by atoms with E-state index >= 15 is 0 Å². The van der Waals surface area contributed by atoms with Crippen molar-refractivity contribution in [2.24, 2.45) is 5.92 Å². The Morgan fingerprint density at radius 1 is 1.34 bits per heavy atom. The van der Waals surface area contributed by atoms with Gasteiger partial charge in [0.05, 0.1) is 19.2 Å². The molecule has 1 aliphatic carbocycles. The number of thiophene rings is 1. The van der Waals surface area contributed by atoms with E-state index in [1.54, 1.807) is 25.1 Å². The Labute approximate surface area is 174 Å². The van der Waals surface area contributed by atoms with Crippen molar-refractivity contribution in [3.05, 3.63) is 51.7 Å². The molecule has 2 aromatic rings. The molecule has 2 atom stereocenters. The molecule has 0 aliphatic heterocycles. The topological polar surface area (TPSA) is 59.8 Å². The van der Waals surface area contributed by atoms with Crippen LogP contribution in [0.4, 0.5) is 9.39 Å². The smallest absolute Gasteiger partial charge is 0.341 e. The standard InChI is InChI=1S/C22H27FN2O3S/c1-4-28-22(27)20-16-10-9-14(2)11-18(16)29-21(20)24-19(26)13-25(3)12-15-7-5-6-8-17(15)23/h5-8,14H,4,9-13H2,1-3H3,(H,24,26)/p+1/t14-/m0/s1. The van der Waals surface area contributed by atoms with Gasteiger partial charge in [-0.15, -0.1) is 11.3 Å². The SMILES string of the molecule is CCOC(=O)c1c(NC(=O)C[NH+](C)Cc2ccccc2F)sc2c1CC[C@H](C)C2. The summed E-state index contributed by atoms with van der Waals surface area (Å²) in [6.07, 6.45) is 2.77. The van der Waals surface area contributed by atoms with E-state index in [9.17, 15) is 14.0 Å². The van der Waals surface area contributed by atoms with E-state index in [-0.39, 0.29) is 24.2 Å². The van der Waals surface area contributed by atoms with Gasteiger partial charge in [0, 0.05) is 10.4 Å². The lowest BCUT2D eigenvalue weighted by Gasteiger charge is -2.18. The number of fused-ring (bicyclic) bond motifs is 1. The van der Waals surface area contributed by atoms with Gasteiger partial charge in [0.15, 0.2) is 6.54 Å². The van der Waals surface area contributed by atoms with Gasteiger partial charge in [0.25, 0.3) is 5.91 Å². The third kappa shape index (κ3) is 5.22. The summed E-state index contributed by atoms with van der Waals surface area (Å²) in [7, 11) is 1.85. The first-order valence-electron chi connectivity index (χ1n) is 10.0. The van der Waals surface area contributed by atoms with Crippen molar-refractivity contribution in [3.63, 3.8) is 0 Å². The Kier molecular flexibility index (Phi) is 7.03. The number of rotatable bonds is 7. The molecule has 0 saturated carbocycles. The van der Waals surface area contributed by atoms with E-state index in [4.69, 9.17) is 4.74 Å². The van der Waals surface area contributed by atoms with Gasteiger partial charge in [0.1, 0.15) is 17.4 Å². The molecule has 1 aromatic heterocycles. The maximum Gasteiger partial charge on any atom is 0.341 e. The molecule has 1 aliphatic rings. The summed E-state index contributed by atoms with van der Waals surface area (Å²) in [5, 5.41) is 3.49. The average molecular weight is 420 g/mol. The van der Waals surface area contributed by atoms with E-state index < -0.39 is 0 Å². The Bertz CT molecular complexity index is 896. The van der Waals surface area contributed by atoms with Crippen molar-refractivity contribution in [1.29, 1.82) is 0 Å². The van der Waals surface area contributed by atoms with Gasteiger partial charge in [-0.1, -0.05) is 25.1 Å². The van der Waals surface area contributed by atoms with Crippen LogP contribution >= 0.6 is 11.3 Å². The Morgan fingerprint density at radius 2 is 2.10 bits per heavy atom. The van der Waals surface area contributed by atoms with Crippen LogP contribution in [0, 0.1) is 11.7 Å². The summed E-state index contributed by atoms with van der Waals surface area (Å²) in [5.74, 6) is -0.272. The number of quaternary nitrogens is 1. The normalized spacial score (nSPS) is 16.8. The van der Waals surface area contributed by atoms with Crippen molar-refractivity contribution in [3.8, 4) is 0 Å². The number of nitrogens with one attached hydrogen (secondary N) is 2. The first-order chi connectivity index (χ1) is 13.9. The number of anilines is 1. The van der Waals surface area contributed by atoms with Crippen LogP contribution in [0.1, 0.15) is 46.6 Å². The van der Waals surface area contributed by atoms with Crippen molar-refractivity contribution in [1.82, 2.24) is 0 Å². The number of hydrogen-bond acceptors (Lipinski definition) is 4. The fraction of sp³-hybridized carbons (Fsp3) is 0.455. The fourth-order valence-corrected chi connectivity index (χ4v) is 5.15. The highest BCUT2D eigenvalue weighted by atomic mass is 32.1. The van der Waals surface area contributed by atoms with E-state index in [0.717, 1.165) is 34.6 Å². The van der Waals surface area contributed by atoms with Crippen LogP contribution in [-0.4, -0.2) is 32.1 Å². The Hall–Kier alpha value is -2.25. The van der Waals surface area contributed by atoms with E-state index in [2.05, 4.69) is 12.2 Å². The average Bonchev–Trinajstić information content (AvgIpc) is 3.00. The van der Waals surface area contributed by atoms with Crippen LogP contribution in [-0.2, 0) is 28.9 Å². The zero-order valence-corrected chi connectivity index (χ0v) is 18.0. The molecule has 29 heavy (non-hydrogen) atoms. The van der Waals surface area contributed by atoms with E-state index in [1.807, 2.05) is 7.05 Å². The Balaban J connectivity index is 1.72. The molecule has 3 rings (SSSR count). The van der Waals surface area contributed by atoms with Gasteiger partial charge in [-0.3, -0.25) is 4.79 Å². The van der Waals surface area contributed by atoms with Crippen molar-refractivity contribution < 1.29 is 23.6 Å². The minimum absolute atomic E-state index is 0.176. The predicted molar refractivity (Wildman–Crippen MR) is 112 cm³/mol. The number of esters is 1. The molecule has 7 heteroatoms. The van der Waals surface area contributed by atoms with Crippen LogP contribution < -0.4 is 10.2 Å². The zero-order valence-electron chi connectivity index (χ0n) is 17.1. The van der Waals surface area contributed by atoms with Crippen LogP contribution in [0.5, 0.6) is 0 Å². The molecule has 1 amide bonds. The molecule has 1 unspecified atom stereocenters. The van der Waals surface area contributed by atoms with Gasteiger partial charge in [-0.05, 0) is 43.7 Å². The molecular formula is C22H28FN2O3S+. The lowest BCUT2D eigenvalue weighted by molar-refractivity contribution is -0.885.